The van der Waals surface area contributed by atoms with Crippen molar-refractivity contribution >= 4 is 17.5 Å². The second kappa shape index (κ2) is 7.85. The molecule has 0 saturated carbocycles. The van der Waals surface area contributed by atoms with Gasteiger partial charge in [-0.2, -0.15) is 0 Å². The average molecular weight is 357 g/mol. The molecule has 0 aliphatic rings. The molecule has 0 spiro atoms. The zero-order chi connectivity index (χ0) is 17.6. The second-order valence-electron chi connectivity index (χ2n) is 5.40. The van der Waals surface area contributed by atoms with Crippen molar-refractivity contribution in [1.29, 1.82) is 0 Å². The van der Waals surface area contributed by atoms with Crippen LogP contribution in [0, 0.1) is 0 Å². The van der Waals surface area contributed by atoms with E-state index < -0.39 is 0 Å². The minimum atomic E-state index is -0.215. The van der Waals surface area contributed by atoms with E-state index in [0.717, 1.165) is 11.3 Å². The number of rotatable bonds is 6. The Bertz CT molecular complexity index is 862. The predicted molar refractivity (Wildman–Crippen MR) is 96.0 cm³/mol. The van der Waals surface area contributed by atoms with E-state index in [1.54, 1.807) is 24.5 Å². The normalized spacial score (nSPS) is 10.5. The lowest BCUT2D eigenvalue weighted by Gasteiger charge is -2.07. The molecule has 5 nitrogen and oxygen atoms in total. The van der Waals surface area contributed by atoms with Crippen LogP contribution in [0.4, 0.5) is 0 Å². The SMILES string of the molecule is COc1cc(Cl)cc(C(=O)NCCc2coc(-c3ccccc3)n2)c1. The zero-order valence-corrected chi connectivity index (χ0v) is 14.4. The van der Waals surface area contributed by atoms with Gasteiger partial charge < -0.3 is 14.5 Å². The van der Waals surface area contributed by atoms with Gasteiger partial charge in [0, 0.05) is 29.1 Å². The van der Waals surface area contributed by atoms with Crippen molar-refractivity contribution in [3.8, 4) is 17.2 Å². The third-order valence-corrected chi connectivity index (χ3v) is 3.83. The van der Waals surface area contributed by atoms with Crippen molar-refractivity contribution < 1.29 is 13.9 Å². The van der Waals surface area contributed by atoms with Crippen LogP contribution in [-0.4, -0.2) is 24.5 Å². The Morgan fingerprint density at radius 2 is 2.04 bits per heavy atom. The molecule has 1 amide bonds. The number of nitrogens with one attached hydrogen (secondary N) is 1. The van der Waals surface area contributed by atoms with E-state index >= 15 is 0 Å². The summed E-state index contributed by atoms with van der Waals surface area (Å²) in [6.07, 6.45) is 2.18. The van der Waals surface area contributed by atoms with Crippen LogP contribution < -0.4 is 10.1 Å². The summed E-state index contributed by atoms with van der Waals surface area (Å²) in [5.74, 6) is 0.899. The summed E-state index contributed by atoms with van der Waals surface area (Å²) in [5, 5.41) is 3.29. The summed E-state index contributed by atoms with van der Waals surface area (Å²) in [4.78, 5) is 16.6. The van der Waals surface area contributed by atoms with Gasteiger partial charge in [0.2, 0.25) is 5.89 Å². The summed E-state index contributed by atoms with van der Waals surface area (Å²) < 4.78 is 10.6. The maximum atomic E-state index is 12.2. The largest absolute Gasteiger partial charge is 0.497 e. The molecule has 1 heterocycles. The molecule has 0 aliphatic carbocycles. The van der Waals surface area contributed by atoms with E-state index in [1.165, 1.54) is 7.11 Å². The second-order valence-corrected chi connectivity index (χ2v) is 5.83. The molecular formula is C19H17ClN2O3. The van der Waals surface area contributed by atoms with Gasteiger partial charge in [0.1, 0.15) is 12.0 Å². The van der Waals surface area contributed by atoms with Crippen LogP contribution >= 0.6 is 11.6 Å². The lowest BCUT2D eigenvalue weighted by atomic mass is 10.2. The number of halogens is 1. The number of nitrogens with zero attached hydrogens (tertiary/aromatic N) is 1. The van der Waals surface area contributed by atoms with Crippen LogP contribution in [0.15, 0.2) is 59.2 Å². The molecule has 128 valence electrons. The quantitative estimate of drug-likeness (QED) is 0.725. The number of methoxy groups -OCH3 is 1. The van der Waals surface area contributed by atoms with E-state index in [9.17, 15) is 4.79 Å². The molecule has 6 heteroatoms. The van der Waals surface area contributed by atoms with Gasteiger partial charge in [-0.3, -0.25) is 4.79 Å². The van der Waals surface area contributed by atoms with Gasteiger partial charge in [0.05, 0.1) is 12.8 Å². The topological polar surface area (TPSA) is 64.4 Å². The highest BCUT2D eigenvalue weighted by atomic mass is 35.5. The molecule has 3 rings (SSSR count). The molecule has 1 N–H and O–H groups in total. The number of hydrogen-bond acceptors (Lipinski definition) is 4. The fourth-order valence-electron chi connectivity index (χ4n) is 2.35. The number of carbonyl (C=O) groups excluding carboxylic acids is 1. The van der Waals surface area contributed by atoms with Gasteiger partial charge in [-0.25, -0.2) is 4.98 Å². The monoisotopic (exact) mass is 356 g/mol. The first-order valence-corrected chi connectivity index (χ1v) is 8.16. The van der Waals surface area contributed by atoms with Crippen molar-refractivity contribution in [2.75, 3.05) is 13.7 Å². The molecule has 0 bridgehead atoms. The summed E-state index contributed by atoms with van der Waals surface area (Å²) in [6, 6.07) is 14.6. The molecule has 1 aromatic heterocycles. The van der Waals surface area contributed by atoms with Crippen LogP contribution in [0.25, 0.3) is 11.5 Å². The number of ether oxygens (including phenoxy) is 1. The predicted octanol–water partition coefficient (Wildman–Crippen LogP) is 3.98. The summed E-state index contributed by atoms with van der Waals surface area (Å²) >= 11 is 5.98. The molecule has 0 radical (unpaired) electrons. The van der Waals surface area contributed by atoms with Crippen LogP contribution in [-0.2, 0) is 6.42 Å². The first kappa shape index (κ1) is 17.0. The molecule has 0 saturated heterocycles. The Kier molecular flexibility index (Phi) is 5.36. The van der Waals surface area contributed by atoms with E-state index in [1.807, 2.05) is 30.3 Å². The molecule has 0 unspecified atom stereocenters. The number of aromatic nitrogens is 1. The third kappa shape index (κ3) is 4.39. The van der Waals surface area contributed by atoms with Crippen LogP contribution in [0.5, 0.6) is 5.75 Å². The highest BCUT2D eigenvalue weighted by Crippen LogP contribution is 2.21. The van der Waals surface area contributed by atoms with Gasteiger partial charge in [-0.05, 0) is 30.3 Å². The number of oxazole rings is 1. The van der Waals surface area contributed by atoms with Crippen molar-refractivity contribution in [2.45, 2.75) is 6.42 Å². The molecule has 3 aromatic rings. The Morgan fingerprint density at radius 1 is 1.24 bits per heavy atom. The fraction of sp³-hybridized carbons (Fsp3) is 0.158. The first-order chi connectivity index (χ1) is 12.2. The van der Waals surface area contributed by atoms with Gasteiger partial charge in [0.15, 0.2) is 0 Å². The molecule has 0 aliphatic heterocycles. The Balaban J connectivity index is 1.57. The molecule has 2 aromatic carbocycles. The summed E-state index contributed by atoms with van der Waals surface area (Å²) in [6.45, 7) is 0.439. The number of hydrogen-bond donors (Lipinski definition) is 1. The van der Waals surface area contributed by atoms with Gasteiger partial charge in [0.25, 0.3) is 5.91 Å². The highest BCUT2D eigenvalue weighted by Gasteiger charge is 2.10. The van der Waals surface area contributed by atoms with E-state index in [2.05, 4.69) is 10.3 Å². The highest BCUT2D eigenvalue weighted by molar-refractivity contribution is 6.31. The van der Waals surface area contributed by atoms with E-state index in [0.29, 0.717) is 35.2 Å². The molecule has 0 atom stereocenters. The molecular weight excluding hydrogens is 340 g/mol. The van der Waals surface area contributed by atoms with E-state index in [-0.39, 0.29) is 5.91 Å². The van der Waals surface area contributed by atoms with E-state index in [4.69, 9.17) is 20.8 Å². The van der Waals surface area contributed by atoms with Crippen molar-refractivity contribution in [1.82, 2.24) is 10.3 Å². The maximum Gasteiger partial charge on any atom is 0.251 e. The lowest BCUT2D eigenvalue weighted by molar-refractivity contribution is 0.0953. The fourth-order valence-corrected chi connectivity index (χ4v) is 2.58. The van der Waals surface area contributed by atoms with Gasteiger partial charge in [-0.15, -0.1) is 0 Å². The molecule has 0 fully saturated rings. The minimum Gasteiger partial charge on any atom is -0.497 e. The third-order valence-electron chi connectivity index (χ3n) is 3.61. The average Bonchev–Trinajstić information content (AvgIpc) is 3.10. The van der Waals surface area contributed by atoms with Gasteiger partial charge in [-0.1, -0.05) is 29.8 Å². The Morgan fingerprint density at radius 3 is 2.80 bits per heavy atom. The van der Waals surface area contributed by atoms with Crippen molar-refractivity contribution in [3.05, 3.63) is 71.1 Å². The first-order valence-electron chi connectivity index (χ1n) is 7.78. The standard InChI is InChI=1S/C19H17ClN2O3/c1-24-17-10-14(9-15(20)11-17)18(23)21-8-7-16-12-25-19(22-16)13-5-3-2-4-6-13/h2-6,9-12H,7-8H2,1H3,(H,21,23). The lowest BCUT2D eigenvalue weighted by Crippen LogP contribution is -2.25. The number of benzene rings is 2. The van der Waals surface area contributed by atoms with Crippen LogP contribution in [0.2, 0.25) is 5.02 Å². The summed E-state index contributed by atoms with van der Waals surface area (Å²) in [7, 11) is 1.53. The number of carbonyl (C=O) groups is 1. The Labute approximate surface area is 150 Å². The maximum absolute atomic E-state index is 12.2. The molecule has 25 heavy (non-hydrogen) atoms. The van der Waals surface area contributed by atoms with Gasteiger partial charge >= 0.3 is 0 Å². The smallest absolute Gasteiger partial charge is 0.251 e. The summed E-state index contributed by atoms with van der Waals surface area (Å²) in [5.41, 5.74) is 2.15. The van der Waals surface area contributed by atoms with Crippen molar-refractivity contribution in [2.24, 2.45) is 0 Å². The number of amides is 1. The Hall–Kier alpha value is -2.79. The van der Waals surface area contributed by atoms with Crippen LogP contribution in [0.1, 0.15) is 16.1 Å². The minimum absolute atomic E-state index is 0.215. The van der Waals surface area contributed by atoms with Crippen LogP contribution in [0.3, 0.4) is 0 Å². The van der Waals surface area contributed by atoms with Crippen molar-refractivity contribution in [3.63, 3.8) is 0 Å². The zero-order valence-electron chi connectivity index (χ0n) is 13.7.